The van der Waals surface area contributed by atoms with E-state index in [9.17, 15) is 4.79 Å². The summed E-state index contributed by atoms with van der Waals surface area (Å²) in [6, 6.07) is 15.2. The van der Waals surface area contributed by atoms with Crippen molar-refractivity contribution in [2.75, 3.05) is 0 Å². The quantitative estimate of drug-likeness (QED) is 0.813. The first kappa shape index (κ1) is 10.4. The van der Waals surface area contributed by atoms with Gasteiger partial charge in [-0.2, -0.15) is 0 Å². The SMILES string of the molecule is [CH2]c1ccc(-c2ccc(C(N)=O)cc2)cc1. The molecule has 2 N–H and O–H groups in total. The maximum absolute atomic E-state index is 10.9. The molecule has 0 aliphatic carbocycles. The van der Waals surface area contributed by atoms with Crippen molar-refractivity contribution in [3.8, 4) is 11.1 Å². The minimum atomic E-state index is -0.403. The van der Waals surface area contributed by atoms with E-state index in [4.69, 9.17) is 5.73 Å². The Hall–Kier alpha value is -2.09. The zero-order chi connectivity index (χ0) is 11.5. The molecule has 0 saturated carbocycles. The molecular weight excluding hydrogens is 198 g/mol. The van der Waals surface area contributed by atoms with Gasteiger partial charge < -0.3 is 5.73 Å². The van der Waals surface area contributed by atoms with Gasteiger partial charge >= 0.3 is 0 Å². The Kier molecular flexibility index (Phi) is 2.73. The van der Waals surface area contributed by atoms with Crippen LogP contribution in [0, 0.1) is 6.92 Å². The first-order valence-electron chi connectivity index (χ1n) is 4.99. The third-order valence-electron chi connectivity index (χ3n) is 2.46. The lowest BCUT2D eigenvalue weighted by Gasteiger charge is -2.03. The molecule has 0 fully saturated rings. The first-order chi connectivity index (χ1) is 7.66. The van der Waals surface area contributed by atoms with Crippen LogP contribution < -0.4 is 5.73 Å². The van der Waals surface area contributed by atoms with Gasteiger partial charge in [0.15, 0.2) is 0 Å². The Morgan fingerprint density at radius 1 is 0.875 bits per heavy atom. The van der Waals surface area contributed by atoms with E-state index in [1.165, 1.54) is 0 Å². The fourth-order valence-electron chi connectivity index (χ4n) is 1.52. The highest BCUT2D eigenvalue weighted by Gasteiger charge is 2.01. The van der Waals surface area contributed by atoms with Crippen LogP contribution in [0.2, 0.25) is 0 Å². The van der Waals surface area contributed by atoms with Crippen LogP contribution in [0.15, 0.2) is 48.5 Å². The van der Waals surface area contributed by atoms with Gasteiger partial charge in [-0.05, 0) is 35.7 Å². The van der Waals surface area contributed by atoms with Crippen molar-refractivity contribution in [3.05, 3.63) is 66.6 Å². The molecule has 0 atom stereocenters. The number of amides is 1. The molecule has 2 nitrogen and oxygen atoms in total. The maximum Gasteiger partial charge on any atom is 0.248 e. The molecular formula is C14H12NO. The van der Waals surface area contributed by atoms with Crippen LogP contribution in [-0.4, -0.2) is 5.91 Å². The highest BCUT2D eigenvalue weighted by molar-refractivity contribution is 5.93. The van der Waals surface area contributed by atoms with Crippen LogP contribution in [0.25, 0.3) is 11.1 Å². The average Bonchev–Trinajstić information content (AvgIpc) is 2.30. The zero-order valence-corrected chi connectivity index (χ0v) is 8.81. The van der Waals surface area contributed by atoms with Gasteiger partial charge in [0.05, 0.1) is 0 Å². The summed E-state index contributed by atoms with van der Waals surface area (Å²) >= 11 is 0. The predicted octanol–water partition coefficient (Wildman–Crippen LogP) is 2.63. The van der Waals surface area contributed by atoms with Crippen molar-refractivity contribution in [1.82, 2.24) is 0 Å². The van der Waals surface area contributed by atoms with Crippen molar-refractivity contribution in [2.24, 2.45) is 5.73 Å². The minimum absolute atomic E-state index is 0.403. The third kappa shape index (κ3) is 2.11. The number of hydrogen-bond acceptors (Lipinski definition) is 1. The monoisotopic (exact) mass is 210 g/mol. The largest absolute Gasteiger partial charge is 0.366 e. The number of benzene rings is 2. The van der Waals surface area contributed by atoms with Crippen molar-refractivity contribution < 1.29 is 4.79 Å². The Labute approximate surface area is 94.7 Å². The fourth-order valence-corrected chi connectivity index (χ4v) is 1.52. The summed E-state index contributed by atoms with van der Waals surface area (Å²) in [5.74, 6) is -0.403. The molecule has 0 heterocycles. The van der Waals surface area contributed by atoms with Crippen molar-refractivity contribution in [2.45, 2.75) is 0 Å². The van der Waals surface area contributed by atoms with Gasteiger partial charge in [0.2, 0.25) is 5.91 Å². The highest BCUT2D eigenvalue weighted by Crippen LogP contribution is 2.19. The molecule has 0 unspecified atom stereocenters. The number of carbonyl (C=O) groups excluding carboxylic acids is 1. The van der Waals surface area contributed by atoms with E-state index in [0.717, 1.165) is 16.7 Å². The molecule has 0 saturated heterocycles. The van der Waals surface area contributed by atoms with Crippen LogP contribution in [0.1, 0.15) is 15.9 Å². The highest BCUT2D eigenvalue weighted by atomic mass is 16.1. The smallest absolute Gasteiger partial charge is 0.248 e. The summed E-state index contributed by atoms with van der Waals surface area (Å²) in [7, 11) is 0. The fraction of sp³-hybridized carbons (Fsp3) is 0. The Balaban J connectivity index is 2.34. The molecule has 2 rings (SSSR count). The summed E-state index contributed by atoms with van der Waals surface area (Å²) in [5, 5.41) is 0. The molecule has 2 aromatic rings. The van der Waals surface area contributed by atoms with Crippen molar-refractivity contribution >= 4 is 5.91 Å². The van der Waals surface area contributed by atoms with E-state index < -0.39 is 5.91 Å². The zero-order valence-electron chi connectivity index (χ0n) is 8.81. The van der Waals surface area contributed by atoms with Gasteiger partial charge in [-0.1, -0.05) is 36.4 Å². The molecule has 0 bridgehead atoms. The van der Waals surface area contributed by atoms with E-state index >= 15 is 0 Å². The standard InChI is InChI=1S/C14H12NO/c1-10-2-4-11(5-3-10)12-6-8-13(9-7-12)14(15)16/h2-9H,1H2,(H2,15,16). The van der Waals surface area contributed by atoms with Gasteiger partial charge in [0, 0.05) is 5.56 Å². The van der Waals surface area contributed by atoms with Crippen LogP contribution in [-0.2, 0) is 0 Å². The molecule has 0 aliphatic rings. The number of hydrogen-bond donors (Lipinski definition) is 1. The van der Waals surface area contributed by atoms with Crippen molar-refractivity contribution in [1.29, 1.82) is 0 Å². The predicted molar refractivity (Wildman–Crippen MR) is 64.9 cm³/mol. The Morgan fingerprint density at radius 3 is 1.75 bits per heavy atom. The van der Waals surface area contributed by atoms with Gasteiger partial charge in [-0.25, -0.2) is 0 Å². The average molecular weight is 210 g/mol. The van der Waals surface area contributed by atoms with E-state index in [1.807, 2.05) is 36.4 Å². The van der Waals surface area contributed by atoms with E-state index in [2.05, 4.69) is 6.92 Å². The molecule has 0 aliphatic heterocycles. The molecule has 2 heteroatoms. The van der Waals surface area contributed by atoms with E-state index in [-0.39, 0.29) is 0 Å². The first-order valence-corrected chi connectivity index (χ1v) is 4.99. The molecule has 16 heavy (non-hydrogen) atoms. The summed E-state index contributed by atoms with van der Waals surface area (Å²) in [4.78, 5) is 10.9. The topological polar surface area (TPSA) is 43.1 Å². The van der Waals surface area contributed by atoms with Crippen LogP contribution >= 0.6 is 0 Å². The number of carbonyl (C=O) groups is 1. The lowest BCUT2D eigenvalue weighted by atomic mass is 10.0. The van der Waals surface area contributed by atoms with Crippen LogP contribution in [0.3, 0.4) is 0 Å². The molecule has 1 amide bonds. The molecule has 2 aromatic carbocycles. The molecule has 0 spiro atoms. The molecule has 1 radical (unpaired) electrons. The van der Waals surface area contributed by atoms with Gasteiger partial charge in [-0.15, -0.1) is 0 Å². The van der Waals surface area contributed by atoms with E-state index in [1.54, 1.807) is 12.1 Å². The van der Waals surface area contributed by atoms with Gasteiger partial charge in [-0.3, -0.25) is 4.79 Å². The van der Waals surface area contributed by atoms with Gasteiger partial charge in [0.25, 0.3) is 0 Å². The molecule has 79 valence electrons. The minimum Gasteiger partial charge on any atom is -0.366 e. The summed E-state index contributed by atoms with van der Waals surface area (Å²) in [5.41, 5.74) is 8.85. The lowest BCUT2D eigenvalue weighted by molar-refractivity contribution is 0.100. The number of rotatable bonds is 2. The third-order valence-corrected chi connectivity index (χ3v) is 2.46. The summed E-state index contributed by atoms with van der Waals surface area (Å²) in [6.07, 6.45) is 0. The molecule has 0 aromatic heterocycles. The van der Waals surface area contributed by atoms with Crippen molar-refractivity contribution in [3.63, 3.8) is 0 Å². The van der Waals surface area contributed by atoms with Crippen LogP contribution in [0.4, 0.5) is 0 Å². The number of primary amides is 1. The Morgan fingerprint density at radius 2 is 1.31 bits per heavy atom. The second-order valence-electron chi connectivity index (χ2n) is 3.64. The Bertz CT molecular complexity index is 497. The maximum atomic E-state index is 10.9. The number of nitrogens with two attached hydrogens (primary N) is 1. The summed E-state index contributed by atoms with van der Waals surface area (Å²) in [6.45, 7) is 3.83. The second kappa shape index (κ2) is 4.19. The van der Waals surface area contributed by atoms with Gasteiger partial charge in [0.1, 0.15) is 0 Å². The van der Waals surface area contributed by atoms with E-state index in [0.29, 0.717) is 5.56 Å². The van der Waals surface area contributed by atoms with Crippen LogP contribution in [0.5, 0.6) is 0 Å². The second-order valence-corrected chi connectivity index (χ2v) is 3.64. The lowest BCUT2D eigenvalue weighted by Crippen LogP contribution is -2.10. The summed E-state index contributed by atoms with van der Waals surface area (Å²) < 4.78 is 0. The normalized spacial score (nSPS) is 10.1.